The van der Waals surface area contributed by atoms with E-state index in [2.05, 4.69) is 47.1 Å². The Balaban J connectivity index is 1.60. The first-order chi connectivity index (χ1) is 19.5. The Bertz CT molecular complexity index is 1690. The fourth-order valence-corrected chi connectivity index (χ4v) is 6.19. The van der Waals surface area contributed by atoms with Gasteiger partial charge in [0.15, 0.2) is 0 Å². The van der Waals surface area contributed by atoms with Gasteiger partial charge in [0.1, 0.15) is 12.3 Å². The third kappa shape index (κ3) is 6.52. The monoisotopic (exact) mass is 572 g/mol. The number of carbonyl (C=O) groups excluding carboxylic acids is 1. The van der Waals surface area contributed by atoms with E-state index in [1.165, 1.54) is 17.7 Å². The molecule has 0 fully saturated rings. The lowest BCUT2D eigenvalue weighted by atomic mass is 10.1. The van der Waals surface area contributed by atoms with Crippen LogP contribution in [0.3, 0.4) is 0 Å². The lowest BCUT2D eigenvalue weighted by molar-refractivity contribution is -0.119. The van der Waals surface area contributed by atoms with Gasteiger partial charge >= 0.3 is 0 Å². The third-order valence-corrected chi connectivity index (χ3v) is 8.56. The van der Waals surface area contributed by atoms with E-state index >= 15 is 0 Å². The zero-order chi connectivity index (χ0) is 29.7. The number of sulfonamides is 1. The molecule has 0 aliphatic carbocycles. The zero-order valence-electron chi connectivity index (χ0n) is 24.3. The molecular weight excluding hydrogens is 536 g/mol. The maximum absolute atomic E-state index is 13.7. The molecule has 9 heteroatoms. The van der Waals surface area contributed by atoms with E-state index in [1.807, 2.05) is 33.8 Å². The minimum absolute atomic E-state index is 0.0736. The van der Waals surface area contributed by atoms with Gasteiger partial charge in [0.2, 0.25) is 0 Å². The van der Waals surface area contributed by atoms with E-state index in [0.717, 1.165) is 38.1 Å². The molecule has 41 heavy (non-hydrogen) atoms. The van der Waals surface area contributed by atoms with Crippen LogP contribution in [0.25, 0.3) is 5.69 Å². The number of ether oxygens (including phenoxy) is 1. The number of hydrazone groups is 1. The zero-order valence-corrected chi connectivity index (χ0v) is 25.1. The molecule has 0 radical (unpaired) electrons. The maximum Gasteiger partial charge on any atom is 0.264 e. The van der Waals surface area contributed by atoms with Crippen LogP contribution in [0.2, 0.25) is 0 Å². The number of benzene rings is 3. The van der Waals surface area contributed by atoms with Gasteiger partial charge in [-0.1, -0.05) is 47.5 Å². The Labute approximate surface area is 242 Å². The molecule has 0 spiro atoms. The summed E-state index contributed by atoms with van der Waals surface area (Å²) in [6, 6.07) is 21.6. The second-order valence-corrected chi connectivity index (χ2v) is 11.8. The van der Waals surface area contributed by atoms with Gasteiger partial charge in [0.05, 0.1) is 23.4 Å². The molecule has 8 nitrogen and oxygen atoms in total. The number of anilines is 1. The van der Waals surface area contributed by atoms with Crippen molar-refractivity contribution in [2.24, 2.45) is 5.10 Å². The van der Waals surface area contributed by atoms with Crippen LogP contribution in [0, 0.1) is 34.6 Å². The first-order valence-corrected chi connectivity index (χ1v) is 14.9. The molecule has 1 aromatic heterocycles. The molecule has 1 N–H and O–H groups in total. The summed E-state index contributed by atoms with van der Waals surface area (Å²) in [5.41, 5.74) is 9.98. The average molecular weight is 573 g/mol. The van der Waals surface area contributed by atoms with Crippen LogP contribution >= 0.6 is 0 Å². The van der Waals surface area contributed by atoms with Crippen molar-refractivity contribution in [3.8, 4) is 11.4 Å². The minimum Gasteiger partial charge on any atom is -0.492 e. The molecule has 1 amide bonds. The van der Waals surface area contributed by atoms with Crippen molar-refractivity contribution in [3.63, 3.8) is 0 Å². The molecule has 0 aliphatic heterocycles. The highest BCUT2D eigenvalue weighted by molar-refractivity contribution is 7.92. The predicted octanol–water partition coefficient (Wildman–Crippen LogP) is 5.76. The van der Waals surface area contributed by atoms with E-state index in [-0.39, 0.29) is 10.6 Å². The quantitative estimate of drug-likeness (QED) is 0.193. The van der Waals surface area contributed by atoms with Crippen LogP contribution < -0.4 is 14.5 Å². The number of hydrogen-bond donors (Lipinski definition) is 1. The molecule has 3 aromatic carbocycles. The smallest absolute Gasteiger partial charge is 0.264 e. The van der Waals surface area contributed by atoms with Crippen molar-refractivity contribution >= 4 is 27.8 Å². The Hall–Kier alpha value is -4.37. The van der Waals surface area contributed by atoms with Crippen molar-refractivity contribution < 1.29 is 17.9 Å². The fraction of sp³-hybridized carbons (Fsp3) is 0.250. The first-order valence-electron chi connectivity index (χ1n) is 13.4. The van der Waals surface area contributed by atoms with E-state index in [4.69, 9.17) is 4.74 Å². The second kappa shape index (κ2) is 12.4. The van der Waals surface area contributed by atoms with E-state index < -0.39 is 22.5 Å². The van der Waals surface area contributed by atoms with Crippen LogP contribution in [-0.2, 0) is 14.8 Å². The molecule has 0 unspecified atom stereocenters. The normalized spacial score (nSPS) is 11.6. The number of amides is 1. The van der Waals surface area contributed by atoms with Gasteiger partial charge in [-0.25, -0.2) is 13.8 Å². The largest absolute Gasteiger partial charge is 0.492 e. The summed E-state index contributed by atoms with van der Waals surface area (Å²) in [4.78, 5) is 13.2. The average Bonchev–Trinajstić information content (AvgIpc) is 3.20. The highest BCUT2D eigenvalue weighted by Crippen LogP contribution is 2.32. The molecule has 4 aromatic rings. The molecule has 0 atom stereocenters. The number of nitrogens with zero attached hydrogens (tertiary/aromatic N) is 3. The van der Waals surface area contributed by atoms with Gasteiger partial charge in [-0.05, 0) is 83.5 Å². The van der Waals surface area contributed by atoms with Crippen LogP contribution in [0.15, 0.2) is 82.8 Å². The standard InChI is InChI=1S/C32H36N4O4S/c1-7-40-31-11-9-8-10-30(31)35(41(38,39)28-15-12-22(2)13-16-28)21-32(37)34-33-20-27-19-25(5)36(26(27)6)29-17-14-23(3)18-24(29)4/h8-20H,7,21H2,1-6H3,(H,34,37)/b33-20-. The number of nitrogens with one attached hydrogen (secondary N) is 1. The minimum atomic E-state index is -4.09. The number of carbonyl (C=O) groups is 1. The lowest BCUT2D eigenvalue weighted by Crippen LogP contribution is -2.39. The molecule has 0 bridgehead atoms. The van der Waals surface area contributed by atoms with Crippen molar-refractivity contribution in [3.05, 3.63) is 106 Å². The summed E-state index contributed by atoms with van der Waals surface area (Å²) < 4.78 is 36.4. The van der Waals surface area contributed by atoms with Crippen LogP contribution in [0.4, 0.5) is 5.69 Å². The summed E-state index contributed by atoms with van der Waals surface area (Å²) in [6.45, 7) is 11.7. The van der Waals surface area contributed by atoms with Gasteiger partial charge < -0.3 is 9.30 Å². The molecule has 0 aliphatic rings. The van der Waals surface area contributed by atoms with Gasteiger partial charge in [-0.3, -0.25) is 9.10 Å². The van der Waals surface area contributed by atoms with E-state index in [9.17, 15) is 13.2 Å². The highest BCUT2D eigenvalue weighted by atomic mass is 32.2. The number of para-hydroxylation sites is 2. The Morgan fingerprint density at radius 2 is 1.63 bits per heavy atom. The Morgan fingerprint density at radius 3 is 2.32 bits per heavy atom. The molecule has 0 saturated carbocycles. The predicted molar refractivity (Wildman–Crippen MR) is 164 cm³/mol. The summed E-state index contributed by atoms with van der Waals surface area (Å²) in [6.07, 6.45) is 1.58. The first kappa shape index (κ1) is 29.6. The summed E-state index contributed by atoms with van der Waals surface area (Å²) >= 11 is 0. The van der Waals surface area contributed by atoms with E-state index in [1.54, 1.807) is 42.6 Å². The number of hydrogen-bond acceptors (Lipinski definition) is 5. The van der Waals surface area contributed by atoms with Gasteiger partial charge in [-0.2, -0.15) is 5.10 Å². The number of aromatic nitrogens is 1. The SMILES string of the molecule is CCOc1ccccc1N(CC(=O)N/N=C\c1cc(C)n(-c2ccc(C)cc2C)c1C)S(=O)(=O)c1ccc(C)cc1. The highest BCUT2D eigenvalue weighted by Gasteiger charge is 2.29. The van der Waals surface area contributed by atoms with Crippen molar-refractivity contribution in [2.45, 2.75) is 46.4 Å². The molecule has 214 valence electrons. The molecule has 1 heterocycles. The van der Waals surface area contributed by atoms with Crippen LogP contribution in [-0.4, -0.2) is 38.3 Å². The molecular formula is C32H36N4O4S. The topological polar surface area (TPSA) is 93.0 Å². The van der Waals surface area contributed by atoms with Crippen LogP contribution in [0.1, 0.15) is 40.6 Å². The van der Waals surface area contributed by atoms with Gasteiger partial charge in [0.25, 0.3) is 15.9 Å². The Kier molecular flexibility index (Phi) is 8.98. The Morgan fingerprint density at radius 1 is 0.951 bits per heavy atom. The van der Waals surface area contributed by atoms with Crippen molar-refractivity contribution in [1.82, 2.24) is 9.99 Å². The van der Waals surface area contributed by atoms with Crippen molar-refractivity contribution in [1.29, 1.82) is 0 Å². The fourth-order valence-electron chi connectivity index (χ4n) is 4.76. The second-order valence-electron chi connectivity index (χ2n) is 9.97. The maximum atomic E-state index is 13.7. The summed E-state index contributed by atoms with van der Waals surface area (Å²) in [7, 11) is -4.09. The molecule has 4 rings (SSSR count). The summed E-state index contributed by atoms with van der Waals surface area (Å²) in [5, 5.41) is 4.17. The van der Waals surface area contributed by atoms with E-state index in [0.29, 0.717) is 12.4 Å². The number of rotatable bonds is 10. The third-order valence-electron chi connectivity index (χ3n) is 6.79. The summed E-state index contributed by atoms with van der Waals surface area (Å²) in [5.74, 6) is -0.229. The molecule has 0 saturated heterocycles. The van der Waals surface area contributed by atoms with Gasteiger partial charge in [0, 0.05) is 22.6 Å². The lowest BCUT2D eigenvalue weighted by Gasteiger charge is -2.25. The number of aryl methyl sites for hydroxylation is 4. The van der Waals surface area contributed by atoms with Crippen LogP contribution in [0.5, 0.6) is 5.75 Å². The van der Waals surface area contributed by atoms with Crippen molar-refractivity contribution in [2.75, 3.05) is 17.5 Å². The van der Waals surface area contributed by atoms with Gasteiger partial charge in [-0.15, -0.1) is 0 Å².